The van der Waals surface area contributed by atoms with Crippen molar-refractivity contribution in [1.29, 1.82) is 0 Å². The van der Waals surface area contributed by atoms with Gasteiger partial charge in [0.2, 0.25) is 0 Å². The van der Waals surface area contributed by atoms with Crippen molar-refractivity contribution in [2.75, 3.05) is 7.11 Å². The molecule has 4 heteroatoms. The van der Waals surface area contributed by atoms with Crippen molar-refractivity contribution >= 4 is 17.6 Å². The van der Waals surface area contributed by atoms with Crippen molar-refractivity contribution in [3.8, 4) is 0 Å². The van der Waals surface area contributed by atoms with E-state index >= 15 is 0 Å². The standard InChI is InChI=1S/C12H14ClNO2/c1-16-11(15)12(14)5-4-8-6-10(13)3-2-9(8)7-12/h2-3,6H,4-5,7,14H2,1H3/t12-/m1/s1. The average molecular weight is 240 g/mol. The Kier molecular flexibility index (Phi) is 2.91. The number of ether oxygens (including phenoxy) is 1. The van der Waals surface area contributed by atoms with Crippen LogP contribution in [0.4, 0.5) is 0 Å². The summed E-state index contributed by atoms with van der Waals surface area (Å²) < 4.78 is 4.74. The van der Waals surface area contributed by atoms with Crippen LogP contribution in [0.3, 0.4) is 0 Å². The van der Waals surface area contributed by atoms with Gasteiger partial charge in [-0.3, -0.25) is 4.79 Å². The number of benzene rings is 1. The zero-order valence-electron chi connectivity index (χ0n) is 9.13. The first-order chi connectivity index (χ1) is 7.55. The monoisotopic (exact) mass is 239 g/mol. The van der Waals surface area contributed by atoms with E-state index in [0.717, 1.165) is 17.0 Å². The smallest absolute Gasteiger partial charge is 0.326 e. The van der Waals surface area contributed by atoms with Crippen LogP contribution in [0.15, 0.2) is 18.2 Å². The molecule has 0 unspecified atom stereocenters. The second-order valence-electron chi connectivity index (χ2n) is 4.24. The first-order valence-corrected chi connectivity index (χ1v) is 5.57. The van der Waals surface area contributed by atoms with Crippen LogP contribution in [0, 0.1) is 0 Å². The van der Waals surface area contributed by atoms with E-state index in [1.165, 1.54) is 12.7 Å². The Bertz CT molecular complexity index is 433. The summed E-state index contributed by atoms with van der Waals surface area (Å²) >= 11 is 5.91. The number of hydrogen-bond acceptors (Lipinski definition) is 3. The van der Waals surface area contributed by atoms with Gasteiger partial charge in [0, 0.05) is 11.4 Å². The lowest BCUT2D eigenvalue weighted by atomic mass is 9.79. The van der Waals surface area contributed by atoms with Gasteiger partial charge in [-0.05, 0) is 36.1 Å². The number of carbonyl (C=O) groups is 1. The number of aryl methyl sites for hydroxylation is 1. The summed E-state index contributed by atoms with van der Waals surface area (Å²) in [6.07, 6.45) is 1.89. The molecule has 1 aromatic carbocycles. The third-order valence-electron chi connectivity index (χ3n) is 3.11. The van der Waals surface area contributed by atoms with Crippen molar-refractivity contribution in [3.63, 3.8) is 0 Å². The van der Waals surface area contributed by atoms with Gasteiger partial charge in [0.05, 0.1) is 7.11 Å². The SMILES string of the molecule is COC(=O)[C@@]1(N)CCc2cc(Cl)ccc2C1. The van der Waals surface area contributed by atoms with Crippen LogP contribution in [0.25, 0.3) is 0 Å². The van der Waals surface area contributed by atoms with Crippen molar-refractivity contribution < 1.29 is 9.53 Å². The minimum absolute atomic E-state index is 0.340. The van der Waals surface area contributed by atoms with Crippen molar-refractivity contribution in [1.82, 2.24) is 0 Å². The zero-order chi connectivity index (χ0) is 11.8. The summed E-state index contributed by atoms with van der Waals surface area (Å²) in [4.78, 5) is 11.6. The fraction of sp³-hybridized carbons (Fsp3) is 0.417. The summed E-state index contributed by atoms with van der Waals surface area (Å²) in [6, 6.07) is 5.69. The van der Waals surface area contributed by atoms with Gasteiger partial charge in [0.1, 0.15) is 5.54 Å². The molecule has 0 spiro atoms. The average Bonchev–Trinajstić information content (AvgIpc) is 2.28. The molecule has 0 fully saturated rings. The molecule has 86 valence electrons. The maximum absolute atomic E-state index is 11.6. The van der Waals surface area contributed by atoms with E-state index in [0.29, 0.717) is 12.8 Å². The van der Waals surface area contributed by atoms with Crippen LogP contribution in [0.5, 0.6) is 0 Å². The zero-order valence-corrected chi connectivity index (χ0v) is 9.88. The second kappa shape index (κ2) is 4.07. The molecule has 3 nitrogen and oxygen atoms in total. The Labute approximate surface area is 99.5 Å². The lowest BCUT2D eigenvalue weighted by molar-refractivity contribution is -0.147. The Morgan fingerprint density at radius 2 is 2.25 bits per heavy atom. The lowest BCUT2D eigenvalue weighted by Gasteiger charge is -2.32. The first-order valence-electron chi connectivity index (χ1n) is 5.20. The van der Waals surface area contributed by atoms with Gasteiger partial charge in [-0.1, -0.05) is 17.7 Å². The van der Waals surface area contributed by atoms with Crippen LogP contribution in [0.2, 0.25) is 5.02 Å². The number of halogens is 1. The van der Waals surface area contributed by atoms with E-state index in [1.54, 1.807) is 0 Å². The normalized spacial score (nSPS) is 23.7. The Morgan fingerprint density at radius 1 is 1.50 bits per heavy atom. The highest BCUT2D eigenvalue weighted by atomic mass is 35.5. The molecule has 16 heavy (non-hydrogen) atoms. The molecule has 0 aromatic heterocycles. The maximum atomic E-state index is 11.6. The summed E-state index contributed by atoms with van der Waals surface area (Å²) in [6.45, 7) is 0. The predicted octanol–water partition coefficient (Wildman–Crippen LogP) is 1.70. The van der Waals surface area contributed by atoms with Crippen LogP contribution < -0.4 is 5.73 Å². The van der Waals surface area contributed by atoms with Crippen molar-refractivity contribution in [2.24, 2.45) is 5.73 Å². The van der Waals surface area contributed by atoms with Gasteiger partial charge in [0.15, 0.2) is 0 Å². The minimum atomic E-state index is -0.879. The number of hydrogen-bond donors (Lipinski definition) is 1. The molecule has 0 heterocycles. The van der Waals surface area contributed by atoms with Crippen molar-refractivity contribution in [2.45, 2.75) is 24.8 Å². The highest BCUT2D eigenvalue weighted by Gasteiger charge is 2.38. The molecule has 1 aliphatic carbocycles. The third-order valence-corrected chi connectivity index (χ3v) is 3.34. The number of fused-ring (bicyclic) bond motifs is 1. The number of carbonyl (C=O) groups excluding carboxylic acids is 1. The number of nitrogens with two attached hydrogens (primary N) is 1. The summed E-state index contributed by atoms with van der Waals surface area (Å²) in [5.41, 5.74) is 7.44. The van der Waals surface area contributed by atoms with Crippen LogP contribution in [0.1, 0.15) is 17.5 Å². The Morgan fingerprint density at radius 3 is 2.94 bits per heavy atom. The second-order valence-corrected chi connectivity index (χ2v) is 4.67. The molecule has 0 bridgehead atoms. The van der Waals surface area contributed by atoms with Crippen LogP contribution in [-0.4, -0.2) is 18.6 Å². The van der Waals surface area contributed by atoms with Gasteiger partial charge in [0.25, 0.3) is 0 Å². The molecule has 0 radical (unpaired) electrons. The summed E-state index contributed by atoms with van der Waals surface area (Å²) in [5, 5.41) is 0.723. The molecular formula is C12H14ClNO2. The van der Waals surface area contributed by atoms with Gasteiger partial charge in [-0.25, -0.2) is 0 Å². The molecule has 0 amide bonds. The summed E-state index contributed by atoms with van der Waals surface area (Å²) in [7, 11) is 1.37. The molecule has 1 aliphatic rings. The molecule has 0 saturated carbocycles. The quantitative estimate of drug-likeness (QED) is 0.759. The molecular weight excluding hydrogens is 226 g/mol. The van der Waals surface area contributed by atoms with Crippen molar-refractivity contribution in [3.05, 3.63) is 34.3 Å². The first kappa shape index (κ1) is 11.4. The van der Waals surface area contributed by atoms with Gasteiger partial charge < -0.3 is 10.5 Å². The minimum Gasteiger partial charge on any atom is -0.468 e. The Hall–Kier alpha value is -1.06. The topological polar surface area (TPSA) is 52.3 Å². The largest absolute Gasteiger partial charge is 0.468 e. The third kappa shape index (κ3) is 1.93. The van der Waals surface area contributed by atoms with E-state index in [4.69, 9.17) is 22.1 Å². The van der Waals surface area contributed by atoms with E-state index in [1.807, 2.05) is 18.2 Å². The lowest BCUT2D eigenvalue weighted by Crippen LogP contribution is -2.52. The fourth-order valence-corrected chi connectivity index (χ4v) is 2.36. The molecule has 1 atom stereocenters. The fourth-order valence-electron chi connectivity index (χ4n) is 2.16. The van der Waals surface area contributed by atoms with E-state index in [2.05, 4.69) is 0 Å². The van der Waals surface area contributed by atoms with Gasteiger partial charge in [-0.2, -0.15) is 0 Å². The van der Waals surface area contributed by atoms with Gasteiger partial charge >= 0.3 is 5.97 Å². The molecule has 1 aromatic rings. The van der Waals surface area contributed by atoms with E-state index in [9.17, 15) is 4.79 Å². The summed E-state index contributed by atoms with van der Waals surface area (Å²) in [5.74, 6) is -0.340. The molecule has 2 rings (SSSR count). The predicted molar refractivity (Wildman–Crippen MR) is 62.4 cm³/mol. The number of methoxy groups -OCH3 is 1. The van der Waals surface area contributed by atoms with Gasteiger partial charge in [-0.15, -0.1) is 0 Å². The molecule has 0 saturated heterocycles. The Balaban J connectivity index is 2.30. The van der Waals surface area contributed by atoms with Crippen LogP contribution in [-0.2, 0) is 22.4 Å². The highest BCUT2D eigenvalue weighted by molar-refractivity contribution is 6.30. The highest BCUT2D eigenvalue weighted by Crippen LogP contribution is 2.29. The maximum Gasteiger partial charge on any atom is 0.326 e. The number of rotatable bonds is 1. The van der Waals surface area contributed by atoms with Crippen LogP contribution >= 0.6 is 11.6 Å². The van der Waals surface area contributed by atoms with E-state index in [-0.39, 0.29) is 5.97 Å². The van der Waals surface area contributed by atoms with E-state index < -0.39 is 5.54 Å². The molecule has 2 N–H and O–H groups in total. The number of esters is 1. The molecule has 0 aliphatic heterocycles.